The van der Waals surface area contributed by atoms with E-state index in [2.05, 4.69) is 4.98 Å². The Morgan fingerprint density at radius 1 is 1.19 bits per heavy atom. The molecule has 0 saturated carbocycles. The molecule has 0 aliphatic carbocycles. The van der Waals surface area contributed by atoms with Crippen molar-refractivity contribution in [2.24, 2.45) is 0 Å². The number of aromatic nitrogens is 1. The highest BCUT2D eigenvalue weighted by Crippen LogP contribution is 2.41. The highest BCUT2D eigenvalue weighted by atomic mass is 32.2. The second-order valence-corrected chi connectivity index (χ2v) is 9.64. The summed E-state index contributed by atoms with van der Waals surface area (Å²) >= 11 is 1.19. The van der Waals surface area contributed by atoms with Crippen LogP contribution in [0.2, 0.25) is 0 Å². The van der Waals surface area contributed by atoms with E-state index in [4.69, 9.17) is 4.74 Å². The minimum absolute atomic E-state index is 0.0496. The van der Waals surface area contributed by atoms with Crippen LogP contribution in [0, 0.1) is 11.3 Å². The van der Waals surface area contributed by atoms with Crippen LogP contribution < -0.4 is 9.64 Å². The molecule has 0 radical (unpaired) electrons. The van der Waals surface area contributed by atoms with Gasteiger partial charge in [-0.3, -0.25) is 9.69 Å². The fourth-order valence-corrected chi connectivity index (χ4v) is 5.42. The number of ether oxygens (including phenoxy) is 1. The van der Waals surface area contributed by atoms with E-state index in [1.165, 1.54) is 35.7 Å². The molecular formula is C20H12F3N3O4S2. The number of rotatable bonds is 4. The monoisotopic (exact) mass is 479 g/mol. The number of carbonyl (C=O) groups is 1. The number of alkyl halides is 3. The first kappa shape index (κ1) is 21.8. The van der Waals surface area contributed by atoms with Crippen LogP contribution in [0.15, 0.2) is 52.9 Å². The number of fused-ring (bicyclic) bond motifs is 1. The van der Waals surface area contributed by atoms with Gasteiger partial charge in [0.1, 0.15) is 22.6 Å². The maximum Gasteiger partial charge on any atom is 0.416 e. The summed E-state index contributed by atoms with van der Waals surface area (Å²) in [7, 11) is -3.76. The first-order valence-electron chi connectivity index (χ1n) is 8.92. The molecule has 0 saturated heterocycles. The van der Waals surface area contributed by atoms with Gasteiger partial charge in [-0.05, 0) is 30.3 Å². The zero-order valence-electron chi connectivity index (χ0n) is 16.0. The number of nitrogens with zero attached hydrogens (tertiary/aromatic N) is 3. The van der Waals surface area contributed by atoms with Crippen molar-refractivity contribution in [3.8, 4) is 11.8 Å². The molecule has 2 heterocycles. The molecule has 1 amide bonds. The van der Waals surface area contributed by atoms with E-state index in [0.29, 0.717) is 11.1 Å². The van der Waals surface area contributed by atoms with Gasteiger partial charge in [-0.1, -0.05) is 0 Å². The molecule has 7 nitrogen and oxygen atoms in total. The van der Waals surface area contributed by atoms with Gasteiger partial charge in [0.2, 0.25) is 0 Å². The highest BCUT2D eigenvalue weighted by molar-refractivity contribution is 7.90. The Labute approximate surface area is 184 Å². The van der Waals surface area contributed by atoms with E-state index in [1.54, 1.807) is 11.4 Å². The topological polar surface area (TPSA) is 100 Å². The zero-order chi connectivity index (χ0) is 23.1. The third-order valence-corrected chi connectivity index (χ3v) is 7.20. The number of hydrogen-bond donors (Lipinski definition) is 0. The maximum absolute atomic E-state index is 13.0. The molecule has 1 aliphatic rings. The van der Waals surface area contributed by atoms with Crippen LogP contribution in [0.5, 0.6) is 5.75 Å². The van der Waals surface area contributed by atoms with Crippen molar-refractivity contribution in [3.63, 3.8) is 0 Å². The summed E-state index contributed by atoms with van der Waals surface area (Å²) in [6, 6.07) is 7.97. The molecule has 1 aliphatic heterocycles. The van der Waals surface area contributed by atoms with Crippen LogP contribution in [0.3, 0.4) is 0 Å². The van der Waals surface area contributed by atoms with Gasteiger partial charge in [-0.25, -0.2) is 13.4 Å². The van der Waals surface area contributed by atoms with Gasteiger partial charge < -0.3 is 4.74 Å². The highest BCUT2D eigenvalue weighted by Gasteiger charge is 2.34. The Bertz CT molecular complexity index is 1350. The largest absolute Gasteiger partial charge is 0.481 e. The summed E-state index contributed by atoms with van der Waals surface area (Å²) in [6.45, 7) is -0.477. The Morgan fingerprint density at radius 2 is 1.94 bits per heavy atom. The van der Waals surface area contributed by atoms with Gasteiger partial charge in [0.25, 0.3) is 5.91 Å². The predicted molar refractivity (Wildman–Crippen MR) is 108 cm³/mol. The molecule has 164 valence electrons. The summed E-state index contributed by atoms with van der Waals surface area (Å²) in [6.07, 6.45) is -3.16. The lowest BCUT2D eigenvalue weighted by molar-refractivity contribution is -0.137. The predicted octanol–water partition coefficient (Wildman–Crippen LogP) is 4.06. The number of thiazole rings is 1. The van der Waals surface area contributed by atoms with Crippen molar-refractivity contribution >= 4 is 38.5 Å². The third-order valence-electron chi connectivity index (χ3n) is 4.61. The fourth-order valence-electron chi connectivity index (χ4n) is 3.16. The molecule has 12 heteroatoms. The maximum atomic E-state index is 13.0. The average molecular weight is 479 g/mol. The van der Waals surface area contributed by atoms with Crippen molar-refractivity contribution in [2.45, 2.75) is 16.8 Å². The van der Waals surface area contributed by atoms with Crippen LogP contribution in [0.4, 0.5) is 24.5 Å². The lowest BCUT2D eigenvalue weighted by atomic mass is 10.1. The Kier molecular flexibility index (Phi) is 5.39. The quantitative estimate of drug-likeness (QED) is 0.559. The number of hydrogen-bond acceptors (Lipinski definition) is 7. The molecule has 0 N–H and O–H groups in total. The van der Waals surface area contributed by atoms with Crippen LogP contribution in [-0.2, 0) is 26.6 Å². The lowest BCUT2D eigenvalue weighted by Gasteiger charge is -2.30. The second kappa shape index (κ2) is 7.92. The molecule has 1 aromatic heterocycles. The first-order valence-corrected chi connectivity index (χ1v) is 11.5. The average Bonchev–Trinajstić information content (AvgIpc) is 3.24. The molecule has 3 aromatic rings. The number of anilines is 2. The minimum atomic E-state index is -4.66. The summed E-state index contributed by atoms with van der Waals surface area (Å²) < 4.78 is 69.9. The second-order valence-electron chi connectivity index (χ2n) is 6.67. The number of nitriles is 1. The standard InChI is InChI=1S/C20H12F3N3O4S2/c21-20(22,23)13-1-3-15(12(7-13)9-24)26-16-4-2-14(8-17(16)30-10-19(26)27)32(28,29)11-18-25-5-6-31-18/h1-8H,10-11H2. The van der Waals surface area contributed by atoms with Crippen LogP contribution >= 0.6 is 11.3 Å². The van der Waals surface area contributed by atoms with Gasteiger partial charge >= 0.3 is 6.18 Å². The molecule has 0 bridgehead atoms. The first-order chi connectivity index (χ1) is 15.1. The summed E-state index contributed by atoms with van der Waals surface area (Å²) in [4.78, 5) is 17.5. The number of sulfone groups is 1. The summed E-state index contributed by atoms with van der Waals surface area (Å²) in [5.74, 6) is -0.885. The van der Waals surface area contributed by atoms with Crippen LogP contribution in [0.1, 0.15) is 16.1 Å². The lowest BCUT2D eigenvalue weighted by Crippen LogP contribution is -2.35. The molecule has 32 heavy (non-hydrogen) atoms. The number of halogens is 3. The van der Waals surface area contributed by atoms with Crippen molar-refractivity contribution in [2.75, 3.05) is 11.5 Å². The summed E-state index contributed by atoms with van der Waals surface area (Å²) in [5, 5.41) is 11.4. The number of amides is 1. The molecule has 0 atom stereocenters. The van der Waals surface area contributed by atoms with Gasteiger partial charge in [-0.2, -0.15) is 18.4 Å². The van der Waals surface area contributed by atoms with E-state index in [9.17, 15) is 31.6 Å². The van der Waals surface area contributed by atoms with Crippen LogP contribution in [-0.4, -0.2) is 25.9 Å². The molecule has 0 unspecified atom stereocenters. The van der Waals surface area contributed by atoms with Gasteiger partial charge in [0.05, 0.1) is 27.4 Å². The normalized spacial score (nSPS) is 13.9. The zero-order valence-corrected chi connectivity index (χ0v) is 17.6. The van der Waals surface area contributed by atoms with Gasteiger partial charge in [-0.15, -0.1) is 11.3 Å². The number of benzene rings is 2. The van der Waals surface area contributed by atoms with E-state index in [-0.39, 0.29) is 33.3 Å². The smallest absolute Gasteiger partial charge is 0.416 e. The van der Waals surface area contributed by atoms with E-state index >= 15 is 0 Å². The van der Waals surface area contributed by atoms with E-state index in [1.807, 2.05) is 0 Å². The van der Waals surface area contributed by atoms with Crippen molar-refractivity contribution in [1.29, 1.82) is 5.26 Å². The SMILES string of the molecule is N#Cc1cc(C(F)(F)F)ccc1N1C(=O)COc2cc(S(=O)(=O)Cc3nccs3)ccc21. The number of carbonyl (C=O) groups excluding carboxylic acids is 1. The molecular weight excluding hydrogens is 467 g/mol. The van der Waals surface area contributed by atoms with Crippen molar-refractivity contribution < 1.29 is 31.1 Å². The van der Waals surface area contributed by atoms with E-state index in [0.717, 1.165) is 17.0 Å². The van der Waals surface area contributed by atoms with E-state index < -0.39 is 34.1 Å². The molecule has 0 fully saturated rings. The van der Waals surface area contributed by atoms with Gasteiger partial charge in [0, 0.05) is 17.6 Å². The minimum Gasteiger partial charge on any atom is -0.481 e. The van der Waals surface area contributed by atoms with Gasteiger partial charge in [0.15, 0.2) is 16.4 Å². The Balaban J connectivity index is 1.76. The molecule has 2 aromatic carbocycles. The van der Waals surface area contributed by atoms with Crippen LogP contribution in [0.25, 0.3) is 0 Å². The third kappa shape index (κ3) is 4.04. The fraction of sp³-hybridized carbons (Fsp3) is 0.150. The summed E-state index contributed by atoms with van der Waals surface area (Å²) in [5.41, 5.74) is -1.33. The Hall–Kier alpha value is -3.43. The van der Waals surface area contributed by atoms with Crippen molar-refractivity contribution in [3.05, 3.63) is 64.1 Å². The van der Waals surface area contributed by atoms with Crippen molar-refractivity contribution in [1.82, 2.24) is 4.98 Å². The Morgan fingerprint density at radius 3 is 2.59 bits per heavy atom. The molecule has 4 rings (SSSR count). The molecule has 0 spiro atoms.